The summed E-state index contributed by atoms with van der Waals surface area (Å²) in [5.41, 5.74) is 6.06. The summed E-state index contributed by atoms with van der Waals surface area (Å²) < 4.78 is 5.33. The fourth-order valence-corrected chi connectivity index (χ4v) is 9.13. The molecular formula is C47H40N4O6. The van der Waals surface area contributed by atoms with Gasteiger partial charge in [-0.2, -0.15) is 0 Å². The van der Waals surface area contributed by atoms with Crippen LogP contribution in [0.5, 0.6) is 11.5 Å². The van der Waals surface area contributed by atoms with E-state index in [-0.39, 0.29) is 35.8 Å². The van der Waals surface area contributed by atoms with Crippen LogP contribution in [0.25, 0.3) is 6.08 Å². The maximum Gasteiger partial charge on any atom is 0.238 e. The van der Waals surface area contributed by atoms with Crippen molar-refractivity contribution in [2.45, 2.75) is 12.8 Å². The Hall–Kier alpha value is -6.94. The molecule has 5 aromatic rings. The maximum atomic E-state index is 14.5. The number of carbonyl (C=O) groups excluding carboxylic acids is 4. The predicted molar refractivity (Wildman–Crippen MR) is 219 cm³/mol. The number of hydrogen-bond acceptors (Lipinski definition) is 8. The normalized spacial score (nSPS) is 23.9. The second-order valence-electron chi connectivity index (χ2n) is 15.0. The van der Waals surface area contributed by atoms with Crippen molar-refractivity contribution in [3.05, 3.63) is 151 Å². The van der Waals surface area contributed by atoms with Gasteiger partial charge in [-0.05, 0) is 109 Å². The van der Waals surface area contributed by atoms with E-state index in [1.807, 2.05) is 103 Å². The van der Waals surface area contributed by atoms with Crippen molar-refractivity contribution < 1.29 is 29.0 Å². The highest BCUT2D eigenvalue weighted by Gasteiger charge is 2.61. The number of fused-ring (bicyclic) bond motifs is 4. The van der Waals surface area contributed by atoms with E-state index in [4.69, 9.17) is 4.74 Å². The second-order valence-corrected chi connectivity index (χ2v) is 15.0. The van der Waals surface area contributed by atoms with E-state index in [2.05, 4.69) is 10.6 Å². The third kappa shape index (κ3) is 6.42. The van der Waals surface area contributed by atoms with Crippen LogP contribution < -0.4 is 25.2 Å². The highest BCUT2D eigenvalue weighted by atomic mass is 16.5. The first-order valence-corrected chi connectivity index (χ1v) is 19.1. The molecule has 0 spiro atoms. The highest BCUT2D eigenvalue weighted by Crippen LogP contribution is 2.56. The molecular weight excluding hydrogens is 717 g/mol. The first-order valence-electron chi connectivity index (χ1n) is 19.1. The lowest BCUT2D eigenvalue weighted by atomic mass is 9.58. The molecule has 10 heteroatoms. The number of hydrogen-bond donors (Lipinski definition) is 3. The summed E-state index contributed by atoms with van der Waals surface area (Å²) in [6.45, 7) is 0. The van der Waals surface area contributed by atoms with Crippen LogP contribution in [0.1, 0.15) is 18.4 Å². The van der Waals surface area contributed by atoms with Gasteiger partial charge < -0.3 is 20.5 Å². The Balaban J connectivity index is 1.03. The van der Waals surface area contributed by atoms with Gasteiger partial charge in [0.15, 0.2) is 11.5 Å². The van der Waals surface area contributed by atoms with Crippen molar-refractivity contribution in [3.63, 3.8) is 0 Å². The van der Waals surface area contributed by atoms with Gasteiger partial charge >= 0.3 is 0 Å². The van der Waals surface area contributed by atoms with Gasteiger partial charge in [-0.1, -0.05) is 66.3 Å². The third-order valence-electron chi connectivity index (χ3n) is 11.8. The fraction of sp³-hybridized carbons (Fsp3) is 0.191. The van der Waals surface area contributed by atoms with E-state index >= 15 is 0 Å². The van der Waals surface area contributed by atoms with Crippen molar-refractivity contribution in [3.8, 4) is 11.5 Å². The lowest BCUT2D eigenvalue weighted by Crippen LogP contribution is -2.43. The Labute approximate surface area is 330 Å². The molecule has 5 aromatic carbocycles. The van der Waals surface area contributed by atoms with Gasteiger partial charge in [0.2, 0.25) is 23.6 Å². The van der Waals surface area contributed by atoms with Gasteiger partial charge in [0.25, 0.3) is 0 Å². The van der Waals surface area contributed by atoms with E-state index in [0.717, 1.165) is 33.9 Å². The minimum Gasteiger partial charge on any atom is -0.504 e. The zero-order chi connectivity index (χ0) is 39.2. The fourth-order valence-electron chi connectivity index (χ4n) is 9.13. The molecule has 57 heavy (non-hydrogen) atoms. The average molecular weight is 757 g/mol. The summed E-state index contributed by atoms with van der Waals surface area (Å²) in [7, 11) is 1.48. The van der Waals surface area contributed by atoms with Gasteiger partial charge in [-0.15, -0.1) is 0 Å². The minimum absolute atomic E-state index is 0.00161. The van der Waals surface area contributed by atoms with Crippen molar-refractivity contribution in [2.75, 3.05) is 27.5 Å². The standard InChI is InChI=1S/C47H40N4O6/c1-57-41-26-28(13-25-40(41)52)12-22-36-35-23-24-37-43(47(56)50(44(37)53)33-18-14-31(15-19-33)48-29-8-4-2-5-9-29)38(35)27-39-42(36)46(55)51(45(39)54)34-20-16-32(17-21-34)49-30-10-6-3-7-11-30/h2-23,25-26,36-39,42-43,48-49,52H,24,27H2,1H3. The monoisotopic (exact) mass is 756 g/mol. The SMILES string of the molecule is COc1cc(C=CC2C3=CCC4C(=O)N(c5ccc(Nc6ccccc6)cc5)C(=O)C4C3CC3C(=O)N(c4ccc(Nc5ccccc5)cc4)C(=O)C23)ccc1O. The number of nitrogens with one attached hydrogen (secondary N) is 2. The quantitative estimate of drug-likeness (QED) is 0.101. The topological polar surface area (TPSA) is 128 Å². The van der Waals surface area contributed by atoms with Crippen LogP contribution >= 0.6 is 0 Å². The van der Waals surface area contributed by atoms with Crippen LogP contribution in [0, 0.1) is 35.5 Å². The van der Waals surface area contributed by atoms with Gasteiger partial charge in [0, 0.05) is 28.7 Å². The van der Waals surface area contributed by atoms with E-state index in [1.165, 1.54) is 16.9 Å². The van der Waals surface area contributed by atoms with Gasteiger partial charge in [0.1, 0.15) is 0 Å². The number of aromatic hydroxyl groups is 1. The molecule has 10 nitrogen and oxygen atoms in total. The van der Waals surface area contributed by atoms with Crippen molar-refractivity contribution in [2.24, 2.45) is 35.5 Å². The Morgan fingerprint density at radius 1 is 0.614 bits per heavy atom. The first-order chi connectivity index (χ1) is 27.8. The van der Waals surface area contributed by atoms with Gasteiger partial charge in [-0.3, -0.25) is 29.0 Å². The number of imide groups is 2. The lowest BCUT2D eigenvalue weighted by molar-refractivity contribution is -0.126. The van der Waals surface area contributed by atoms with Crippen molar-refractivity contribution >= 4 is 63.8 Å². The summed E-state index contributed by atoms with van der Waals surface area (Å²) in [4.78, 5) is 60.2. The van der Waals surface area contributed by atoms with Gasteiger partial charge in [-0.25, -0.2) is 0 Å². The van der Waals surface area contributed by atoms with Crippen LogP contribution in [-0.4, -0.2) is 35.8 Å². The molecule has 3 N–H and O–H groups in total. The highest BCUT2D eigenvalue weighted by molar-refractivity contribution is 6.24. The molecule has 9 rings (SSSR count). The molecule has 2 saturated heterocycles. The number of nitrogens with zero attached hydrogens (tertiary/aromatic N) is 2. The number of phenols is 1. The molecule has 6 atom stereocenters. The average Bonchev–Trinajstić information content (AvgIpc) is 3.64. The van der Waals surface area contributed by atoms with E-state index < -0.39 is 35.5 Å². The number of ether oxygens (including phenoxy) is 1. The molecule has 4 aliphatic rings. The number of methoxy groups -OCH3 is 1. The number of phenolic OH excluding ortho intramolecular Hbond substituents is 1. The number of carbonyl (C=O) groups is 4. The molecule has 1 saturated carbocycles. The van der Waals surface area contributed by atoms with E-state index in [0.29, 0.717) is 23.5 Å². The Morgan fingerprint density at radius 3 is 1.70 bits per heavy atom. The number of anilines is 6. The smallest absolute Gasteiger partial charge is 0.238 e. The summed E-state index contributed by atoms with van der Waals surface area (Å²) >= 11 is 0. The number of para-hydroxylation sites is 2. The van der Waals surface area contributed by atoms with Crippen LogP contribution in [0.4, 0.5) is 34.1 Å². The van der Waals surface area contributed by atoms with Crippen molar-refractivity contribution in [1.82, 2.24) is 0 Å². The molecule has 6 unspecified atom stereocenters. The predicted octanol–water partition coefficient (Wildman–Crippen LogP) is 8.48. The molecule has 284 valence electrons. The number of amides is 4. The van der Waals surface area contributed by atoms with Crippen LogP contribution in [0.15, 0.2) is 145 Å². The molecule has 2 heterocycles. The zero-order valence-corrected chi connectivity index (χ0v) is 31.1. The summed E-state index contributed by atoms with van der Waals surface area (Å²) in [5, 5.41) is 16.9. The van der Waals surface area contributed by atoms with E-state index in [1.54, 1.807) is 42.5 Å². The number of benzene rings is 5. The summed E-state index contributed by atoms with van der Waals surface area (Å²) in [6, 6.07) is 38.9. The summed E-state index contributed by atoms with van der Waals surface area (Å²) in [6.07, 6.45) is 6.45. The number of allylic oxidation sites excluding steroid dienone is 3. The van der Waals surface area contributed by atoms with Crippen molar-refractivity contribution in [1.29, 1.82) is 0 Å². The van der Waals surface area contributed by atoms with Gasteiger partial charge in [0.05, 0.1) is 42.2 Å². The molecule has 3 fully saturated rings. The second kappa shape index (κ2) is 14.6. The molecule has 2 aliphatic carbocycles. The van der Waals surface area contributed by atoms with E-state index in [9.17, 15) is 24.3 Å². The first kappa shape index (κ1) is 35.7. The summed E-state index contributed by atoms with van der Waals surface area (Å²) in [5.74, 6) is -4.46. The number of rotatable bonds is 9. The molecule has 2 aliphatic heterocycles. The Bertz CT molecular complexity index is 2430. The molecule has 4 amide bonds. The minimum atomic E-state index is -0.707. The molecule has 0 radical (unpaired) electrons. The lowest BCUT2D eigenvalue weighted by Gasteiger charge is -2.42. The Morgan fingerprint density at radius 2 is 1.14 bits per heavy atom. The molecule has 0 aromatic heterocycles. The van der Waals surface area contributed by atoms with Crippen LogP contribution in [-0.2, 0) is 19.2 Å². The van der Waals surface area contributed by atoms with Crippen LogP contribution in [0.3, 0.4) is 0 Å². The third-order valence-corrected chi connectivity index (χ3v) is 11.8. The zero-order valence-electron chi connectivity index (χ0n) is 31.1. The Kier molecular flexibility index (Phi) is 9.16. The molecule has 0 bridgehead atoms. The maximum absolute atomic E-state index is 14.5. The van der Waals surface area contributed by atoms with Crippen LogP contribution in [0.2, 0.25) is 0 Å². The largest absolute Gasteiger partial charge is 0.504 e.